The fourth-order valence-corrected chi connectivity index (χ4v) is 7.93. The molecular weight excluding hydrogens is 437 g/mol. The summed E-state index contributed by atoms with van der Waals surface area (Å²) in [5, 5.41) is 0. The summed E-state index contributed by atoms with van der Waals surface area (Å²) in [6.45, 7) is 4.40. The van der Waals surface area contributed by atoms with Crippen molar-refractivity contribution in [3.05, 3.63) is 43.3 Å². The fourth-order valence-electron chi connectivity index (χ4n) is 3.06. The van der Waals surface area contributed by atoms with E-state index in [-0.39, 0.29) is 0 Å². The second-order valence-corrected chi connectivity index (χ2v) is 11.4. The van der Waals surface area contributed by atoms with Crippen molar-refractivity contribution < 1.29 is 0 Å². The lowest BCUT2D eigenvalue weighted by molar-refractivity contribution is 1.09. The van der Waals surface area contributed by atoms with Crippen LogP contribution < -0.4 is 0 Å². The maximum Gasteiger partial charge on any atom is 0.159 e. The summed E-state index contributed by atoms with van der Waals surface area (Å²) in [4.78, 5) is 9.32. The lowest BCUT2D eigenvalue weighted by Gasteiger charge is -2.11. The SMILES string of the molecule is CCc1c(SSc2ccc3sc(=S)[nH]c3c2CC)ccc2sc(=S)[nH]c12. The molecule has 4 aromatic rings. The number of aryl methyl sites for hydroxylation is 2. The van der Waals surface area contributed by atoms with Crippen LogP contribution in [0.4, 0.5) is 0 Å². The zero-order chi connectivity index (χ0) is 18.3. The molecule has 0 spiro atoms. The lowest BCUT2D eigenvalue weighted by atomic mass is 10.1. The van der Waals surface area contributed by atoms with Crippen LogP contribution in [0.5, 0.6) is 0 Å². The molecule has 2 aromatic heterocycles. The average molecular weight is 453 g/mol. The third kappa shape index (κ3) is 3.43. The molecule has 0 fully saturated rings. The van der Waals surface area contributed by atoms with Crippen LogP contribution in [0.25, 0.3) is 20.4 Å². The molecule has 0 amide bonds. The van der Waals surface area contributed by atoms with Gasteiger partial charge in [0.15, 0.2) is 7.91 Å². The molecule has 0 radical (unpaired) electrons. The molecule has 0 aliphatic rings. The number of rotatable bonds is 5. The molecule has 4 rings (SSSR count). The molecule has 0 saturated heterocycles. The molecule has 0 aliphatic carbocycles. The van der Waals surface area contributed by atoms with Gasteiger partial charge < -0.3 is 9.97 Å². The smallest absolute Gasteiger partial charge is 0.159 e. The summed E-state index contributed by atoms with van der Waals surface area (Å²) < 4.78 is 4.16. The quantitative estimate of drug-likeness (QED) is 0.236. The van der Waals surface area contributed by atoms with Crippen molar-refractivity contribution in [2.24, 2.45) is 0 Å². The van der Waals surface area contributed by atoms with Crippen molar-refractivity contribution in [1.29, 1.82) is 0 Å². The van der Waals surface area contributed by atoms with Gasteiger partial charge in [0.25, 0.3) is 0 Å². The van der Waals surface area contributed by atoms with Gasteiger partial charge in [0, 0.05) is 9.79 Å². The molecule has 0 atom stereocenters. The van der Waals surface area contributed by atoms with Crippen molar-refractivity contribution in [2.45, 2.75) is 36.5 Å². The Morgan fingerprint density at radius 2 is 1.19 bits per heavy atom. The van der Waals surface area contributed by atoms with E-state index in [0.717, 1.165) is 20.8 Å². The minimum absolute atomic E-state index is 0.843. The van der Waals surface area contributed by atoms with Gasteiger partial charge in [-0.05, 0) is 72.7 Å². The first-order valence-electron chi connectivity index (χ1n) is 8.24. The highest BCUT2D eigenvalue weighted by Crippen LogP contribution is 2.44. The fraction of sp³-hybridized carbons (Fsp3) is 0.222. The largest absolute Gasteiger partial charge is 0.337 e. The average Bonchev–Trinajstić information content (AvgIpc) is 3.19. The Morgan fingerprint density at radius 3 is 1.58 bits per heavy atom. The zero-order valence-corrected chi connectivity index (χ0v) is 19.1. The van der Waals surface area contributed by atoms with Crippen LogP contribution in [-0.2, 0) is 12.8 Å². The van der Waals surface area contributed by atoms with E-state index in [1.54, 1.807) is 22.7 Å². The van der Waals surface area contributed by atoms with Gasteiger partial charge in [-0.15, -0.1) is 22.7 Å². The van der Waals surface area contributed by atoms with Crippen LogP contribution in [0.3, 0.4) is 0 Å². The highest BCUT2D eigenvalue weighted by Gasteiger charge is 2.13. The van der Waals surface area contributed by atoms with Crippen molar-refractivity contribution in [3.63, 3.8) is 0 Å². The number of benzene rings is 2. The number of aromatic amines is 2. The number of fused-ring (bicyclic) bond motifs is 2. The lowest BCUT2D eigenvalue weighted by Crippen LogP contribution is -1.88. The first-order chi connectivity index (χ1) is 12.6. The Morgan fingerprint density at radius 1 is 0.769 bits per heavy atom. The molecule has 2 N–H and O–H groups in total. The van der Waals surface area contributed by atoms with Crippen LogP contribution >= 0.6 is 68.7 Å². The van der Waals surface area contributed by atoms with Crippen LogP contribution in [0.1, 0.15) is 25.0 Å². The molecule has 0 aliphatic heterocycles. The molecule has 0 saturated carbocycles. The van der Waals surface area contributed by atoms with Crippen LogP contribution in [0.15, 0.2) is 34.1 Å². The second-order valence-electron chi connectivity index (χ2n) is 5.73. The summed E-state index contributed by atoms with van der Waals surface area (Å²) in [5.74, 6) is 0. The Balaban J connectivity index is 1.71. The van der Waals surface area contributed by atoms with Gasteiger partial charge in [0.1, 0.15) is 0 Å². The molecule has 2 aromatic carbocycles. The normalized spacial score (nSPS) is 11.6. The molecular formula is C18H16N2S6. The first kappa shape index (κ1) is 18.7. The summed E-state index contributed by atoms with van der Waals surface area (Å²) in [6, 6.07) is 8.79. The van der Waals surface area contributed by atoms with E-state index in [0.29, 0.717) is 0 Å². The van der Waals surface area contributed by atoms with Gasteiger partial charge in [-0.2, -0.15) is 0 Å². The maximum atomic E-state index is 5.32. The van der Waals surface area contributed by atoms with E-state index in [2.05, 4.69) is 48.1 Å². The standard InChI is InChI=1S/C18H16N2S6/c1-3-9-11(5-7-13-15(9)19-17(21)23-13)25-26-12-6-8-14-16(10(12)4-2)20-18(22)24-14/h5-8H,3-4H2,1-2H3,(H,19,21)(H,20,22). The molecule has 2 nitrogen and oxygen atoms in total. The van der Waals surface area contributed by atoms with Gasteiger partial charge in [0.05, 0.1) is 20.4 Å². The number of H-pyrrole nitrogens is 2. The number of hydrogen-bond acceptors (Lipinski definition) is 6. The van der Waals surface area contributed by atoms with Gasteiger partial charge >= 0.3 is 0 Å². The van der Waals surface area contributed by atoms with Crippen LogP contribution in [0.2, 0.25) is 0 Å². The van der Waals surface area contributed by atoms with Gasteiger partial charge in [-0.1, -0.05) is 35.4 Å². The summed E-state index contributed by atoms with van der Waals surface area (Å²) in [7, 11) is 3.65. The van der Waals surface area contributed by atoms with E-state index < -0.39 is 0 Å². The summed E-state index contributed by atoms with van der Waals surface area (Å²) in [5.41, 5.74) is 5.09. The van der Waals surface area contributed by atoms with E-state index in [9.17, 15) is 0 Å². The molecule has 8 heteroatoms. The monoisotopic (exact) mass is 452 g/mol. The topological polar surface area (TPSA) is 31.6 Å². The highest BCUT2D eigenvalue weighted by molar-refractivity contribution is 8.76. The van der Waals surface area contributed by atoms with E-state index in [1.807, 2.05) is 21.6 Å². The second kappa shape index (κ2) is 7.77. The molecule has 134 valence electrons. The maximum absolute atomic E-state index is 5.32. The number of nitrogens with one attached hydrogen (secondary N) is 2. The summed E-state index contributed by atoms with van der Waals surface area (Å²) >= 11 is 13.9. The van der Waals surface area contributed by atoms with Crippen LogP contribution in [-0.4, -0.2) is 9.97 Å². The van der Waals surface area contributed by atoms with E-state index in [1.165, 1.54) is 41.4 Å². The van der Waals surface area contributed by atoms with Crippen LogP contribution in [0, 0.1) is 7.91 Å². The van der Waals surface area contributed by atoms with Crippen molar-refractivity contribution >= 4 is 89.1 Å². The van der Waals surface area contributed by atoms with Crippen molar-refractivity contribution in [2.75, 3.05) is 0 Å². The number of thiazole rings is 2. The first-order valence-corrected chi connectivity index (χ1v) is 12.8. The molecule has 26 heavy (non-hydrogen) atoms. The van der Waals surface area contributed by atoms with Gasteiger partial charge in [-0.25, -0.2) is 0 Å². The predicted molar refractivity (Wildman–Crippen MR) is 124 cm³/mol. The third-order valence-electron chi connectivity index (χ3n) is 4.25. The number of aromatic nitrogens is 2. The Hall–Kier alpha value is -0.640. The molecule has 0 unspecified atom stereocenters. The third-order valence-corrected chi connectivity index (χ3v) is 9.19. The van der Waals surface area contributed by atoms with E-state index in [4.69, 9.17) is 24.4 Å². The Kier molecular flexibility index (Phi) is 5.59. The minimum Gasteiger partial charge on any atom is -0.337 e. The van der Waals surface area contributed by atoms with Crippen molar-refractivity contribution in [3.8, 4) is 0 Å². The molecule has 0 bridgehead atoms. The Bertz CT molecular complexity index is 1110. The molecule has 2 heterocycles. The van der Waals surface area contributed by atoms with Gasteiger partial charge in [-0.3, -0.25) is 0 Å². The number of hydrogen-bond donors (Lipinski definition) is 2. The highest BCUT2D eigenvalue weighted by atomic mass is 33.1. The zero-order valence-electron chi connectivity index (χ0n) is 14.2. The van der Waals surface area contributed by atoms with E-state index >= 15 is 0 Å². The minimum atomic E-state index is 0.843. The Labute approximate surface area is 177 Å². The summed E-state index contributed by atoms with van der Waals surface area (Å²) in [6.07, 6.45) is 1.97. The predicted octanol–water partition coefficient (Wildman–Crippen LogP) is 8.16. The van der Waals surface area contributed by atoms with Gasteiger partial charge in [0.2, 0.25) is 0 Å². The van der Waals surface area contributed by atoms with Crippen molar-refractivity contribution in [1.82, 2.24) is 9.97 Å².